The van der Waals surface area contributed by atoms with E-state index in [-0.39, 0.29) is 29.1 Å². The molecule has 0 radical (unpaired) electrons. The summed E-state index contributed by atoms with van der Waals surface area (Å²) in [5.41, 5.74) is 1.27. The third kappa shape index (κ3) is 7.41. The molecule has 0 aliphatic carbocycles. The molecule has 0 aliphatic rings. The van der Waals surface area contributed by atoms with Crippen LogP contribution in [0.2, 0.25) is 0 Å². The smallest absolute Gasteiger partial charge is 0.264 e. The Hall–Kier alpha value is -3.72. The summed E-state index contributed by atoms with van der Waals surface area (Å²) in [6, 6.07) is 21.4. The summed E-state index contributed by atoms with van der Waals surface area (Å²) in [7, 11) is -4.22. The molecule has 2 atom stereocenters. The van der Waals surface area contributed by atoms with Gasteiger partial charge in [-0.2, -0.15) is 0 Å². The Labute approximate surface area is 224 Å². The molecule has 0 heterocycles. The zero-order valence-corrected chi connectivity index (χ0v) is 22.7. The predicted molar refractivity (Wildman–Crippen MR) is 147 cm³/mol. The number of anilines is 1. The van der Waals surface area contributed by atoms with Crippen LogP contribution in [-0.2, 0) is 26.0 Å². The summed E-state index contributed by atoms with van der Waals surface area (Å²) in [5, 5.41) is 2.91. The monoisotopic (exact) mass is 539 g/mol. The summed E-state index contributed by atoms with van der Waals surface area (Å²) >= 11 is 0. The van der Waals surface area contributed by atoms with Crippen molar-refractivity contribution in [2.45, 2.75) is 50.6 Å². The van der Waals surface area contributed by atoms with Crippen LogP contribution < -0.4 is 9.62 Å². The Morgan fingerprint density at radius 1 is 0.895 bits per heavy atom. The van der Waals surface area contributed by atoms with Crippen molar-refractivity contribution in [3.05, 3.63) is 96.3 Å². The molecule has 9 heteroatoms. The topological polar surface area (TPSA) is 86.8 Å². The number of halogens is 1. The minimum Gasteiger partial charge on any atom is -0.352 e. The number of sulfonamides is 1. The van der Waals surface area contributed by atoms with Gasteiger partial charge in [-0.25, -0.2) is 12.8 Å². The average Bonchev–Trinajstić information content (AvgIpc) is 2.92. The first-order chi connectivity index (χ1) is 18.1. The number of carbonyl (C=O) groups excluding carboxylic acids is 2. The summed E-state index contributed by atoms with van der Waals surface area (Å²) in [5.74, 6) is -1.41. The number of hydrogen-bond donors (Lipinski definition) is 1. The van der Waals surface area contributed by atoms with Gasteiger partial charge < -0.3 is 10.2 Å². The van der Waals surface area contributed by atoms with Gasteiger partial charge in [0.25, 0.3) is 10.0 Å². The van der Waals surface area contributed by atoms with Crippen LogP contribution in [0.15, 0.2) is 89.8 Å². The number of para-hydroxylation sites is 1. The Morgan fingerprint density at radius 3 is 2.05 bits per heavy atom. The zero-order chi connectivity index (χ0) is 27.7. The second-order valence-corrected chi connectivity index (χ2v) is 11.0. The van der Waals surface area contributed by atoms with Gasteiger partial charge in [0.15, 0.2) is 0 Å². The van der Waals surface area contributed by atoms with Gasteiger partial charge >= 0.3 is 0 Å². The first-order valence-corrected chi connectivity index (χ1v) is 14.0. The number of nitrogens with one attached hydrogen (secondary N) is 1. The minimum atomic E-state index is -4.22. The van der Waals surface area contributed by atoms with Crippen LogP contribution in [0.25, 0.3) is 0 Å². The summed E-state index contributed by atoms with van der Waals surface area (Å²) in [4.78, 5) is 28.0. The Morgan fingerprint density at radius 2 is 1.47 bits per heavy atom. The molecule has 0 unspecified atom stereocenters. The highest BCUT2D eigenvalue weighted by atomic mass is 32.2. The van der Waals surface area contributed by atoms with E-state index in [4.69, 9.17) is 0 Å². The molecule has 38 heavy (non-hydrogen) atoms. The molecular weight excluding hydrogens is 505 g/mol. The molecule has 1 N–H and O–H groups in total. The second-order valence-electron chi connectivity index (χ2n) is 9.12. The van der Waals surface area contributed by atoms with Crippen LogP contribution in [0.4, 0.5) is 10.1 Å². The van der Waals surface area contributed by atoms with Crippen molar-refractivity contribution in [2.24, 2.45) is 0 Å². The highest BCUT2D eigenvalue weighted by Gasteiger charge is 2.32. The molecule has 0 aromatic heterocycles. The SMILES string of the molecule is CC[C@H](C)NC(=O)[C@@H](C)N(CCc1ccccc1)C(=O)CN(c1ccccc1)S(=O)(=O)c1ccc(F)cc1. The second kappa shape index (κ2) is 13.2. The van der Waals surface area contributed by atoms with Gasteiger partial charge in [0.2, 0.25) is 11.8 Å². The van der Waals surface area contributed by atoms with E-state index < -0.39 is 34.3 Å². The number of nitrogens with zero attached hydrogens (tertiary/aromatic N) is 2. The molecule has 3 rings (SSSR count). The lowest BCUT2D eigenvalue weighted by Gasteiger charge is -2.32. The first-order valence-electron chi connectivity index (χ1n) is 12.6. The molecule has 3 aromatic carbocycles. The average molecular weight is 540 g/mol. The van der Waals surface area contributed by atoms with Crippen molar-refractivity contribution in [1.82, 2.24) is 10.2 Å². The van der Waals surface area contributed by atoms with Crippen molar-refractivity contribution in [3.8, 4) is 0 Å². The molecule has 0 aliphatic heterocycles. The lowest BCUT2D eigenvalue weighted by molar-refractivity contribution is -0.139. The van der Waals surface area contributed by atoms with Crippen molar-refractivity contribution in [1.29, 1.82) is 0 Å². The van der Waals surface area contributed by atoms with Crippen molar-refractivity contribution >= 4 is 27.5 Å². The molecule has 2 amide bonds. The van der Waals surface area contributed by atoms with E-state index in [0.717, 1.165) is 28.4 Å². The maximum absolute atomic E-state index is 13.8. The normalized spacial score (nSPS) is 12.8. The number of hydrogen-bond acceptors (Lipinski definition) is 4. The number of carbonyl (C=O) groups is 2. The molecule has 0 saturated heterocycles. The fourth-order valence-electron chi connectivity index (χ4n) is 3.89. The third-order valence-corrected chi connectivity index (χ3v) is 8.17. The van der Waals surface area contributed by atoms with E-state index in [2.05, 4.69) is 5.32 Å². The van der Waals surface area contributed by atoms with Gasteiger partial charge in [0, 0.05) is 12.6 Å². The van der Waals surface area contributed by atoms with Crippen LogP contribution >= 0.6 is 0 Å². The third-order valence-electron chi connectivity index (χ3n) is 6.38. The van der Waals surface area contributed by atoms with Crippen LogP contribution in [-0.4, -0.2) is 50.3 Å². The van der Waals surface area contributed by atoms with Crippen LogP contribution in [0, 0.1) is 5.82 Å². The quantitative estimate of drug-likeness (QED) is 0.370. The highest BCUT2D eigenvalue weighted by molar-refractivity contribution is 7.92. The van der Waals surface area contributed by atoms with Crippen molar-refractivity contribution in [3.63, 3.8) is 0 Å². The van der Waals surface area contributed by atoms with Crippen LogP contribution in [0.3, 0.4) is 0 Å². The van der Waals surface area contributed by atoms with E-state index in [1.807, 2.05) is 44.2 Å². The summed E-state index contributed by atoms with van der Waals surface area (Å²) in [6.07, 6.45) is 1.22. The van der Waals surface area contributed by atoms with E-state index >= 15 is 0 Å². The van der Waals surface area contributed by atoms with Gasteiger partial charge in [-0.1, -0.05) is 55.5 Å². The standard InChI is InChI=1S/C29H34FN3O4S/c1-4-22(2)31-29(35)23(3)32(20-19-24-11-7-5-8-12-24)28(34)21-33(26-13-9-6-10-14-26)38(36,37)27-17-15-25(30)16-18-27/h5-18,22-23H,4,19-21H2,1-3H3,(H,31,35)/t22-,23+/m0/s1. The lowest BCUT2D eigenvalue weighted by Crippen LogP contribution is -2.53. The van der Waals surface area contributed by atoms with Crippen LogP contribution in [0.5, 0.6) is 0 Å². The molecular formula is C29H34FN3O4S. The first kappa shape index (κ1) is 28.8. The number of rotatable bonds is 12. The molecule has 0 spiro atoms. The van der Waals surface area contributed by atoms with Gasteiger partial charge in [0.05, 0.1) is 10.6 Å². The van der Waals surface area contributed by atoms with Crippen molar-refractivity contribution in [2.75, 3.05) is 17.4 Å². The Kier molecular flexibility index (Phi) is 10.0. The molecule has 3 aromatic rings. The molecule has 202 valence electrons. The maximum atomic E-state index is 13.8. The van der Waals surface area contributed by atoms with E-state index in [9.17, 15) is 22.4 Å². The van der Waals surface area contributed by atoms with Crippen LogP contribution in [0.1, 0.15) is 32.8 Å². The molecule has 7 nitrogen and oxygen atoms in total. The van der Waals surface area contributed by atoms with Gasteiger partial charge in [-0.15, -0.1) is 0 Å². The fraction of sp³-hybridized carbons (Fsp3) is 0.310. The minimum absolute atomic E-state index is 0.0734. The zero-order valence-electron chi connectivity index (χ0n) is 21.9. The van der Waals surface area contributed by atoms with Gasteiger partial charge in [-0.05, 0) is 68.7 Å². The van der Waals surface area contributed by atoms with E-state index in [1.54, 1.807) is 37.3 Å². The lowest BCUT2D eigenvalue weighted by atomic mass is 10.1. The highest BCUT2D eigenvalue weighted by Crippen LogP contribution is 2.24. The van der Waals surface area contributed by atoms with Gasteiger partial charge in [0.1, 0.15) is 18.4 Å². The van der Waals surface area contributed by atoms with E-state index in [0.29, 0.717) is 6.42 Å². The maximum Gasteiger partial charge on any atom is 0.264 e. The fourth-order valence-corrected chi connectivity index (χ4v) is 5.31. The summed E-state index contributed by atoms with van der Waals surface area (Å²) in [6.45, 7) is 5.16. The Bertz CT molecular complexity index is 1300. The predicted octanol–water partition coefficient (Wildman–Crippen LogP) is 4.40. The largest absolute Gasteiger partial charge is 0.352 e. The number of amides is 2. The Balaban J connectivity index is 1.94. The van der Waals surface area contributed by atoms with E-state index in [1.165, 1.54) is 17.0 Å². The number of benzene rings is 3. The molecule has 0 saturated carbocycles. The molecule has 0 bridgehead atoms. The van der Waals surface area contributed by atoms with Crippen molar-refractivity contribution < 1.29 is 22.4 Å². The summed E-state index contributed by atoms with van der Waals surface area (Å²) < 4.78 is 41.8. The molecule has 0 fully saturated rings. The van der Waals surface area contributed by atoms with Gasteiger partial charge in [-0.3, -0.25) is 13.9 Å².